The van der Waals surface area contributed by atoms with Gasteiger partial charge < -0.3 is 14.3 Å². The van der Waals surface area contributed by atoms with Gasteiger partial charge in [-0.05, 0) is 37.6 Å². The Morgan fingerprint density at radius 1 is 1.11 bits per heavy atom. The quantitative estimate of drug-likeness (QED) is 0.347. The van der Waals surface area contributed by atoms with Gasteiger partial charge in [0.15, 0.2) is 5.69 Å². The van der Waals surface area contributed by atoms with Crippen LogP contribution in [0.4, 0.5) is 13.2 Å². The maximum Gasteiger partial charge on any atom is 0.434 e. The van der Waals surface area contributed by atoms with Gasteiger partial charge in [-0.15, -0.1) is 0 Å². The van der Waals surface area contributed by atoms with Crippen LogP contribution in [0.15, 0.2) is 65.8 Å². The van der Waals surface area contributed by atoms with E-state index in [1.165, 1.54) is 11.6 Å². The molecule has 0 fully saturated rings. The first kappa shape index (κ1) is 24.3. The zero-order chi connectivity index (χ0) is 26.3. The van der Waals surface area contributed by atoms with Crippen molar-refractivity contribution in [1.29, 1.82) is 0 Å². The van der Waals surface area contributed by atoms with E-state index >= 15 is 0 Å². The molecule has 0 bridgehead atoms. The number of benzene rings is 1. The van der Waals surface area contributed by atoms with E-state index in [0.717, 1.165) is 11.8 Å². The largest absolute Gasteiger partial charge is 0.474 e. The third kappa shape index (κ3) is 4.84. The molecule has 0 radical (unpaired) electrons. The number of rotatable bonds is 6. The Morgan fingerprint density at radius 2 is 1.86 bits per heavy atom. The van der Waals surface area contributed by atoms with Crippen molar-refractivity contribution in [2.24, 2.45) is 7.05 Å². The Kier molecular flexibility index (Phi) is 6.06. The average molecular weight is 509 g/mol. The van der Waals surface area contributed by atoms with Crippen molar-refractivity contribution < 1.29 is 17.9 Å². The molecule has 0 saturated carbocycles. The highest BCUT2D eigenvalue weighted by atomic mass is 19.4. The number of H-pyrrole nitrogens is 1. The molecule has 1 aromatic carbocycles. The second-order valence-corrected chi connectivity index (χ2v) is 8.88. The van der Waals surface area contributed by atoms with Crippen LogP contribution in [0.2, 0.25) is 0 Å². The molecule has 4 aromatic heterocycles. The molecule has 0 atom stereocenters. The lowest BCUT2D eigenvalue weighted by Crippen LogP contribution is -2.17. The number of fused-ring (bicyclic) bond motifs is 1. The normalized spacial score (nSPS) is 12.0. The fourth-order valence-electron chi connectivity index (χ4n) is 4.08. The summed E-state index contributed by atoms with van der Waals surface area (Å²) in [4.78, 5) is 28.1. The van der Waals surface area contributed by atoms with Gasteiger partial charge in [-0.1, -0.05) is 24.3 Å². The second kappa shape index (κ2) is 9.23. The summed E-state index contributed by atoms with van der Waals surface area (Å²) in [5.74, 6) is 0.655. The van der Waals surface area contributed by atoms with Gasteiger partial charge in [-0.25, -0.2) is 14.8 Å². The third-order valence-corrected chi connectivity index (χ3v) is 5.77. The zero-order valence-electron chi connectivity index (χ0n) is 20.2. The maximum absolute atomic E-state index is 13.0. The molecule has 37 heavy (non-hydrogen) atoms. The average Bonchev–Trinajstić information content (AvgIpc) is 3.39. The van der Waals surface area contributed by atoms with Crippen LogP contribution >= 0.6 is 0 Å². The van der Waals surface area contributed by atoms with E-state index in [1.54, 1.807) is 53.4 Å². The van der Waals surface area contributed by atoms with Crippen molar-refractivity contribution in [3.8, 4) is 28.5 Å². The van der Waals surface area contributed by atoms with Crippen LogP contribution in [-0.2, 0) is 19.8 Å². The molecule has 8 nitrogen and oxygen atoms in total. The Bertz CT molecular complexity index is 1630. The van der Waals surface area contributed by atoms with Gasteiger partial charge >= 0.3 is 11.9 Å². The topological polar surface area (TPSA) is 90.6 Å². The van der Waals surface area contributed by atoms with E-state index in [4.69, 9.17) is 4.74 Å². The molecule has 11 heteroatoms. The van der Waals surface area contributed by atoms with Gasteiger partial charge in [0.05, 0.1) is 41.1 Å². The molecule has 190 valence electrons. The maximum atomic E-state index is 13.0. The van der Waals surface area contributed by atoms with Crippen LogP contribution in [0.25, 0.3) is 33.7 Å². The van der Waals surface area contributed by atoms with Crippen LogP contribution < -0.4 is 10.4 Å². The molecule has 1 N–H and O–H groups in total. The van der Waals surface area contributed by atoms with Crippen molar-refractivity contribution in [1.82, 2.24) is 29.1 Å². The van der Waals surface area contributed by atoms with Gasteiger partial charge in [0.25, 0.3) is 0 Å². The summed E-state index contributed by atoms with van der Waals surface area (Å²) >= 11 is 0. The monoisotopic (exact) mass is 508 g/mol. The van der Waals surface area contributed by atoms with Gasteiger partial charge in [0.2, 0.25) is 5.88 Å². The molecular weight excluding hydrogens is 485 g/mol. The summed E-state index contributed by atoms with van der Waals surface area (Å²) < 4.78 is 47.8. The molecular formula is C26H23F3N6O2. The number of hydrogen-bond acceptors (Lipinski definition) is 5. The van der Waals surface area contributed by atoms with Crippen LogP contribution in [0, 0.1) is 0 Å². The van der Waals surface area contributed by atoms with E-state index in [9.17, 15) is 18.0 Å². The molecule has 0 aliphatic carbocycles. The molecule has 0 unspecified atom stereocenters. The van der Waals surface area contributed by atoms with Crippen LogP contribution in [-0.4, -0.2) is 35.2 Å². The fraction of sp³-hybridized carbons (Fsp3) is 0.231. The number of pyridine rings is 2. The molecule has 0 amide bonds. The third-order valence-electron chi connectivity index (χ3n) is 5.77. The molecule has 4 heterocycles. The van der Waals surface area contributed by atoms with Crippen molar-refractivity contribution in [3.63, 3.8) is 0 Å². The first-order chi connectivity index (χ1) is 17.6. The molecule has 0 aliphatic rings. The predicted octanol–water partition coefficient (Wildman–Crippen LogP) is 5.04. The lowest BCUT2D eigenvalue weighted by Gasteiger charge is -2.12. The number of nitrogens with zero attached hydrogens (tertiary/aromatic N) is 5. The molecule has 0 saturated heterocycles. The number of imidazole rings is 2. The molecule has 5 rings (SSSR count). The summed E-state index contributed by atoms with van der Waals surface area (Å²) in [6, 6.07) is 12.4. The lowest BCUT2D eigenvalue weighted by atomic mass is 10.1. The summed E-state index contributed by atoms with van der Waals surface area (Å²) in [7, 11) is 1.52. The van der Waals surface area contributed by atoms with E-state index in [2.05, 4.69) is 19.9 Å². The van der Waals surface area contributed by atoms with Gasteiger partial charge in [0, 0.05) is 25.0 Å². The van der Waals surface area contributed by atoms with Gasteiger partial charge in [-0.2, -0.15) is 13.2 Å². The molecule has 0 spiro atoms. The van der Waals surface area contributed by atoms with Crippen molar-refractivity contribution >= 4 is 11.0 Å². The molecule has 0 aliphatic heterocycles. The number of aromatic amines is 1. The van der Waals surface area contributed by atoms with E-state index in [-0.39, 0.29) is 24.2 Å². The Hall–Kier alpha value is -4.41. The predicted molar refractivity (Wildman–Crippen MR) is 132 cm³/mol. The lowest BCUT2D eigenvalue weighted by molar-refractivity contribution is -0.140. The smallest absolute Gasteiger partial charge is 0.434 e. The SMILES string of the molecule is CC(C)Oc1ncccc1-c1cc2c(cn1)[nH]c(=O)n2Cc1ccc(-c2nc(C(F)(F)F)cn2C)cc1. The minimum absolute atomic E-state index is 0.0726. The van der Waals surface area contributed by atoms with Crippen LogP contribution in [0.3, 0.4) is 0 Å². The van der Waals surface area contributed by atoms with E-state index in [0.29, 0.717) is 33.7 Å². The summed E-state index contributed by atoms with van der Waals surface area (Å²) in [5.41, 5.74) is 2.62. The number of aromatic nitrogens is 6. The Morgan fingerprint density at radius 3 is 2.54 bits per heavy atom. The number of ether oxygens (including phenoxy) is 1. The Labute approximate surface area is 209 Å². The number of alkyl halides is 3. The van der Waals surface area contributed by atoms with E-state index in [1.807, 2.05) is 19.9 Å². The van der Waals surface area contributed by atoms with Crippen molar-refractivity contribution in [2.75, 3.05) is 0 Å². The second-order valence-electron chi connectivity index (χ2n) is 8.88. The van der Waals surface area contributed by atoms with Crippen molar-refractivity contribution in [3.05, 3.63) is 82.8 Å². The summed E-state index contributed by atoms with van der Waals surface area (Å²) in [5, 5.41) is 0. The Balaban J connectivity index is 1.47. The van der Waals surface area contributed by atoms with Crippen LogP contribution in [0.5, 0.6) is 5.88 Å². The van der Waals surface area contributed by atoms with Gasteiger partial charge in [0.1, 0.15) is 5.82 Å². The fourth-order valence-corrected chi connectivity index (χ4v) is 4.08. The van der Waals surface area contributed by atoms with Crippen LogP contribution in [0.1, 0.15) is 25.1 Å². The highest BCUT2D eigenvalue weighted by Gasteiger charge is 2.34. The highest BCUT2D eigenvalue weighted by Crippen LogP contribution is 2.31. The minimum atomic E-state index is -4.52. The number of hydrogen-bond donors (Lipinski definition) is 1. The summed E-state index contributed by atoms with van der Waals surface area (Å²) in [6.07, 6.45) is -0.392. The first-order valence-corrected chi connectivity index (χ1v) is 11.5. The molecule has 5 aromatic rings. The zero-order valence-corrected chi connectivity index (χ0v) is 20.2. The number of halogens is 3. The first-order valence-electron chi connectivity index (χ1n) is 11.5. The summed E-state index contributed by atoms with van der Waals surface area (Å²) in [6.45, 7) is 4.07. The highest BCUT2D eigenvalue weighted by molar-refractivity contribution is 5.80. The van der Waals surface area contributed by atoms with Gasteiger partial charge in [-0.3, -0.25) is 9.55 Å². The minimum Gasteiger partial charge on any atom is -0.474 e. The standard InChI is InChI=1S/C26H23F3N6O2/c1-15(2)37-24-18(5-4-10-30-24)19-11-21-20(12-31-19)32-25(36)35(21)13-16-6-8-17(9-7-16)23-33-22(14-34(23)3)26(27,28)29/h4-12,14-15H,13H2,1-3H3,(H,32,36). The number of aryl methyl sites for hydroxylation is 1. The number of nitrogens with one attached hydrogen (secondary N) is 1. The van der Waals surface area contributed by atoms with E-state index < -0.39 is 11.9 Å². The van der Waals surface area contributed by atoms with Crippen molar-refractivity contribution in [2.45, 2.75) is 32.7 Å².